The van der Waals surface area contributed by atoms with Crippen molar-refractivity contribution >= 4 is 23.5 Å². The van der Waals surface area contributed by atoms with Gasteiger partial charge in [-0.3, -0.25) is 9.78 Å². The van der Waals surface area contributed by atoms with E-state index in [0.717, 1.165) is 0 Å². The summed E-state index contributed by atoms with van der Waals surface area (Å²) in [6.07, 6.45) is -9.40. The van der Waals surface area contributed by atoms with Crippen LogP contribution in [-0.2, 0) is 20.5 Å². The molecule has 1 aromatic heterocycles. The fraction of sp³-hybridized carbons (Fsp3) is 0.417. The number of esters is 1. The van der Waals surface area contributed by atoms with Gasteiger partial charge in [0.15, 0.2) is 6.61 Å². The summed E-state index contributed by atoms with van der Waals surface area (Å²) in [5, 5.41) is 1.63. The largest absolute Gasteiger partial charge is 0.490 e. The molecule has 0 aliphatic heterocycles. The molecular weight excluding hydrogens is 384 g/mol. The third kappa shape index (κ3) is 6.38. The highest BCUT2D eigenvalue weighted by molar-refractivity contribution is 6.31. The molecule has 1 amide bonds. The van der Waals surface area contributed by atoms with Crippen molar-refractivity contribution in [2.75, 3.05) is 13.2 Å². The number of hydrogen-bond donors (Lipinski definition) is 2. The maximum Gasteiger partial charge on any atom is 0.490 e. The zero-order valence-corrected chi connectivity index (χ0v) is 12.8. The maximum atomic E-state index is 12.5. The number of hydrogen-bond acceptors (Lipinski definition) is 5. The van der Waals surface area contributed by atoms with E-state index >= 15 is 0 Å². The molecule has 140 valence electrons. The van der Waals surface area contributed by atoms with Crippen LogP contribution in [0.5, 0.6) is 0 Å². The highest BCUT2D eigenvalue weighted by atomic mass is 35.5. The van der Waals surface area contributed by atoms with Gasteiger partial charge in [-0.15, -0.1) is 0 Å². The van der Waals surface area contributed by atoms with Crippen LogP contribution >= 0.6 is 11.6 Å². The molecule has 0 bridgehead atoms. The van der Waals surface area contributed by atoms with Crippen LogP contribution in [-0.4, -0.2) is 36.2 Å². The molecule has 1 rings (SSSR count). The van der Waals surface area contributed by atoms with Gasteiger partial charge < -0.3 is 15.8 Å². The third-order valence-corrected chi connectivity index (χ3v) is 2.94. The minimum Gasteiger partial charge on any atom is -0.449 e. The normalized spacial score (nSPS) is 13.3. The molecule has 0 fully saturated rings. The number of rotatable bonds is 5. The molecule has 25 heavy (non-hydrogen) atoms. The average molecular weight is 394 g/mol. The molecule has 13 heteroatoms. The van der Waals surface area contributed by atoms with E-state index in [1.807, 2.05) is 5.32 Å². The predicted molar refractivity (Wildman–Crippen MR) is 71.2 cm³/mol. The van der Waals surface area contributed by atoms with Crippen molar-refractivity contribution in [3.8, 4) is 0 Å². The Morgan fingerprint density at radius 3 is 2.36 bits per heavy atom. The summed E-state index contributed by atoms with van der Waals surface area (Å²) in [6, 6.07) is -0.548. The summed E-state index contributed by atoms with van der Waals surface area (Å²) in [7, 11) is 0. The smallest absolute Gasteiger partial charge is 0.449 e. The van der Waals surface area contributed by atoms with Gasteiger partial charge in [0.1, 0.15) is 0 Å². The second-order valence-corrected chi connectivity index (χ2v) is 4.98. The van der Waals surface area contributed by atoms with Crippen LogP contribution < -0.4 is 11.1 Å². The van der Waals surface area contributed by atoms with Gasteiger partial charge in [0.05, 0.1) is 22.3 Å². The lowest BCUT2D eigenvalue weighted by Crippen LogP contribution is -2.36. The Kier molecular flexibility index (Phi) is 6.60. The first-order valence-electron chi connectivity index (χ1n) is 6.31. The van der Waals surface area contributed by atoms with Crippen molar-refractivity contribution in [1.29, 1.82) is 0 Å². The standard InChI is InChI=1S/C12H10ClF6N3O3/c13-6-1-5(11(14,15)16)2-22-9(6)7(20)3-21-8(23)4-25-10(24)12(17,18)19/h1-2,7H,3-4,20H2,(H,21,23). The monoisotopic (exact) mass is 393 g/mol. The van der Waals surface area contributed by atoms with E-state index in [0.29, 0.717) is 12.3 Å². The maximum absolute atomic E-state index is 12.5. The van der Waals surface area contributed by atoms with Crippen LogP contribution in [0, 0.1) is 0 Å². The van der Waals surface area contributed by atoms with E-state index in [1.165, 1.54) is 0 Å². The molecular formula is C12H10ClF6N3O3. The number of ether oxygens (including phenoxy) is 1. The number of alkyl halides is 6. The predicted octanol–water partition coefficient (Wildman–Crippen LogP) is 1.98. The Bertz CT molecular complexity index is 650. The fourth-order valence-corrected chi connectivity index (χ4v) is 1.77. The minimum absolute atomic E-state index is 0.165. The Labute approximate surface area is 141 Å². The van der Waals surface area contributed by atoms with Gasteiger partial charge in [-0.2, -0.15) is 26.3 Å². The molecule has 0 radical (unpaired) electrons. The van der Waals surface area contributed by atoms with Crippen molar-refractivity contribution < 1.29 is 40.7 Å². The summed E-state index contributed by atoms with van der Waals surface area (Å²) in [5.41, 5.74) is 4.33. The van der Waals surface area contributed by atoms with Gasteiger partial charge in [-0.05, 0) is 6.07 Å². The lowest BCUT2D eigenvalue weighted by molar-refractivity contribution is -0.200. The summed E-state index contributed by atoms with van der Waals surface area (Å²) >= 11 is 5.65. The molecule has 0 saturated heterocycles. The third-order valence-electron chi connectivity index (χ3n) is 2.63. The van der Waals surface area contributed by atoms with E-state index < -0.39 is 54.0 Å². The van der Waals surface area contributed by atoms with Crippen LogP contribution in [0.2, 0.25) is 5.02 Å². The minimum atomic E-state index is -5.24. The van der Waals surface area contributed by atoms with Gasteiger partial charge in [0, 0.05) is 12.7 Å². The van der Waals surface area contributed by atoms with Crippen LogP contribution in [0.25, 0.3) is 0 Å². The van der Waals surface area contributed by atoms with E-state index in [4.69, 9.17) is 17.3 Å². The van der Waals surface area contributed by atoms with Gasteiger partial charge in [-0.1, -0.05) is 11.6 Å². The van der Waals surface area contributed by atoms with Gasteiger partial charge in [-0.25, -0.2) is 4.79 Å². The Morgan fingerprint density at radius 2 is 1.88 bits per heavy atom. The summed E-state index contributed by atoms with van der Waals surface area (Å²) in [6.45, 7) is -1.63. The number of carbonyl (C=O) groups excluding carboxylic acids is 2. The zero-order chi connectivity index (χ0) is 19.4. The van der Waals surface area contributed by atoms with E-state index in [1.54, 1.807) is 0 Å². The van der Waals surface area contributed by atoms with Gasteiger partial charge >= 0.3 is 18.3 Å². The van der Waals surface area contributed by atoms with Crippen molar-refractivity contribution in [1.82, 2.24) is 10.3 Å². The average Bonchev–Trinajstić information content (AvgIpc) is 2.48. The van der Waals surface area contributed by atoms with Crippen LogP contribution in [0.15, 0.2) is 12.3 Å². The molecule has 0 saturated carbocycles. The Balaban J connectivity index is 2.58. The molecule has 1 unspecified atom stereocenters. The summed E-state index contributed by atoms with van der Waals surface area (Å²) in [5.74, 6) is -3.64. The first-order chi connectivity index (χ1) is 11.3. The molecule has 0 aliphatic carbocycles. The summed E-state index contributed by atoms with van der Waals surface area (Å²) in [4.78, 5) is 25.1. The molecule has 0 spiro atoms. The zero-order valence-electron chi connectivity index (χ0n) is 12.0. The number of nitrogens with two attached hydrogens (primary N) is 1. The molecule has 1 atom stereocenters. The number of nitrogens with one attached hydrogen (secondary N) is 1. The number of carbonyl (C=O) groups is 2. The van der Waals surface area contributed by atoms with Gasteiger partial charge in [0.2, 0.25) is 0 Å². The van der Waals surface area contributed by atoms with Crippen LogP contribution in [0.3, 0.4) is 0 Å². The van der Waals surface area contributed by atoms with E-state index in [-0.39, 0.29) is 5.69 Å². The molecule has 6 nitrogen and oxygen atoms in total. The van der Waals surface area contributed by atoms with Crippen molar-refractivity contribution in [3.05, 3.63) is 28.5 Å². The van der Waals surface area contributed by atoms with Crippen LogP contribution in [0.1, 0.15) is 17.3 Å². The second kappa shape index (κ2) is 7.87. The van der Waals surface area contributed by atoms with Crippen molar-refractivity contribution in [3.63, 3.8) is 0 Å². The van der Waals surface area contributed by atoms with Crippen molar-refractivity contribution in [2.45, 2.75) is 18.4 Å². The van der Waals surface area contributed by atoms with E-state index in [9.17, 15) is 35.9 Å². The Hall–Kier alpha value is -2.08. The second-order valence-electron chi connectivity index (χ2n) is 4.57. The highest BCUT2D eigenvalue weighted by Gasteiger charge is 2.41. The molecule has 1 aromatic rings. The lowest BCUT2D eigenvalue weighted by Gasteiger charge is -2.15. The quantitative estimate of drug-likeness (QED) is 0.589. The van der Waals surface area contributed by atoms with E-state index in [2.05, 4.69) is 9.72 Å². The SMILES string of the molecule is NC(CNC(=O)COC(=O)C(F)(F)F)c1ncc(C(F)(F)F)cc1Cl. The molecule has 0 aromatic carbocycles. The fourth-order valence-electron chi connectivity index (χ4n) is 1.46. The van der Waals surface area contributed by atoms with Crippen LogP contribution in [0.4, 0.5) is 26.3 Å². The first kappa shape index (κ1) is 21.0. The molecule has 1 heterocycles. The number of aromatic nitrogens is 1. The van der Waals surface area contributed by atoms with Gasteiger partial charge in [0.25, 0.3) is 5.91 Å². The highest BCUT2D eigenvalue weighted by Crippen LogP contribution is 2.32. The number of nitrogens with zero attached hydrogens (tertiary/aromatic N) is 1. The molecule has 3 N–H and O–H groups in total. The Morgan fingerprint density at radius 1 is 1.28 bits per heavy atom. The number of amides is 1. The van der Waals surface area contributed by atoms with Crippen molar-refractivity contribution in [2.24, 2.45) is 5.73 Å². The summed E-state index contributed by atoms with van der Waals surface area (Å²) < 4.78 is 76.7. The number of pyridine rings is 1. The molecule has 0 aliphatic rings. The lowest BCUT2D eigenvalue weighted by atomic mass is 10.1. The topological polar surface area (TPSA) is 94.3 Å². The first-order valence-corrected chi connectivity index (χ1v) is 6.69. The number of halogens is 7.